The van der Waals surface area contributed by atoms with Crippen LogP contribution in [0.3, 0.4) is 0 Å². The SMILES string of the molecule is N#Cc1ccc(C(=O)N2CCCNc3ccccc32)nc1. The number of amides is 1. The Labute approximate surface area is 122 Å². The van der Waals surface area contributed by atoms with E-state index < -0.39 is 0 Å². The minimum absolute atomic E-state index is 0.143. The summed E-state index contributed by atoms with van der Waals surface area (Å²) >= 11 is 0. The molecule has 0 saturated carbocycles. The van der Waals surface area contributed by atoms with Gasteiger partial charge < -0.3 is 10.2 Å². The molecule has 5 nitrogen and oxygen atoms in total. The van der Waals surface area contributed by atoms with E-state index in [-0.39, 0.29) is 5.91 Å². The number of anilines is 2. The van der Waals surface area contributed by atoms with Gasteiger partial charge in [-0.15, -0.1) is 0 Å². The fourth-order valence-corrected chi connectivity index (χ4v) is 2.37. The van der Waals surface area contributed by atoms with Crippen molar-refractivity contribution in [2.45, 2.75) is 6.42 Å². The number of benzene rings is 1. The average molecular weight is 278 g/mol. The zero-order valence-electron chi connectivity index (χ0n) is 11.4. The molecule has 0 spiro atoms. The van der Waals surface area contributed by atoms with Crippen molar-refractivity contribution in [1.82, 2.24) is 4.98 Å². The first kappa shape index (κ1) is 13.1. The van der Waals surface area contributed by atoms with Gasteiger partial charge in [-0.1, -0.05) is 12.1 Å². The first-order valence-corrected chi connectivity index (χ1v) is 6.80. The Hall–Kier alpha value is -2.87. The van der Waals surface area contributed by atoms with E-state index in [0.29, 0.717) is 17.8 Å². The second-order valence-electron chi connectivity index (χ2n) is 4.80. The summed E-state index contributed by atoms with van der Waals surface area (Å²) in [6.07, 6.45) is 2.30. The van der Waals surface area contributed by atoms with E-state index in [1.807, 2.05) is 30.3 Å². The number of rotatable bonds is 1. The van der Waals surface area contributed by atoms with Gasteiger partial charge in [-0.25, -0.2) is 4.98 Å². The summed E-state index contributed by atoms with van der Waals surface area (Å²) in [7, 11) is 0. The minimum Gasteiger partial charge on any atom is -0.383 e. The van der Waals surface area contributed by atoms with Crippen LogP contribution in [-0.2, 0) is 0 Å². The molecule has 0 fully saturated rings. The molecule has 1 amide bonds. The first-order valence-electron chi connectivity index (χ1n) is 6.80. The van der Waals surface area contributed by atoms with Crippen LogP contribution in [0.5, 0.6) is 0 Å². The van der Waals surface area contributed by atoms with Gasteiger partial charge in [-0.05, 0) is 30.7 Å². The molecular formula is C16H14N4O. The maximum atomic E-state index is 12.7. The van der Waals surface area contributed by atoms with E-state index in [9.17, 15) is 4.79 Å². The Kier molecular flexibility index (Phi) is 3.52. The lowest BCUT2D eigenvalue weighted by Crippen LogP contribution is -2.32. The summed E-state index contributed by atoms with van der Waals surface area (Å²) in [6, 6.07) is 13.0. The van der Waals surface area contributed by atoms with Crippen molar-refractivity contribution in [1.29, 1.82) is 5.26 Å². The van der Waals surface area contributed by atoms with Crippen LogP contribution in [0, 0.1) is 11.3 Å². The second-order valence-corrected chi connectivity index (χ2v) is 4.80. The molecule has 0 unspecified atom stereocenters. The quantitative estimate of drug-likeness (QED) is 0.869. The highest BCUT2D eigenvalue weighted by Crippen LogP contribution is 2.28. The topological polar surface area (TPSA) is 69.0 Å². The number of fused-ring (bicyclic) bond motifs is 1. The van der Waals surface area contributed by atoms with Crippen LogP contribution in [0.25, 0.3) is 0 Å². The van der Waals surface area contributed by atoms with Crippen molar-refractivity contribution >= 4 is 17.3 Å². The normalized spacial score (nSPS) is 13.6. The highest BCUT2D eigenvalue weighted by atomic mass is 16.2. The number of para-hydroxylation sites is 2. The lowest BCUT2D eigenvalue weighted by Gasteiger charge is -2.21. The molecule has 1 N–H and O–H groups in total. The van der Waals surface area contributed by atoms with Crippen LogP contribution < -0.4 is 10.2 Å². The van der Waals surface area contributed by atoms with Gasteiger partial charge in [0.2, 0.25) is 0 Å². The fourth-order valence-electron chi connectivity index (χ4n) is 2.37. The number of nitrogens with zero attached hydrogens (tertiary/aromatic N) is 3. The van der Waals surface area contributed by atoms with Crippen molar-refractivity contribution in [3.8, 4) is 6.07 Å². The molecule has 3 rings (SSSR count). The molecule has 1 aliphatic heterocycles. The predicted octanol–water partition coefficient (Wildman–Crippen LogP) is 2.42. The third-order valence-corrected chi connectivity index (χ3v) is 3.43. The molecule has 1 aromatic carbocycles. The monoisotopic (exact) mass is 278 g/mol. The van der Waals surface area contributed by atoms with Gasteiger partial charge in [0.1, 0.15) is 11.8 Å². The maximum absolute atomic E-state index is 12.7. The number of hydrogen-bond donors (Lipinski definition) is 1. The predicted molar refractivity (Wildman–Crippen MR) is 80.2 cm³/mol. The van der Waals surface area contributed by atoms with E-state index in [1.165, 1.54) is 6.20 Å². The van der Waals surface area contributed by atoms with Crippen molar-refractivity contribution < 1.29 is 4.79 Å². The Bertz CT molecular complexity index is 703. The number of nitrogens with one attached hydrogen (secondary N) is 1. The number of hydrogen-bond acceptors (Lipinski definition) is 4. The van der Waals surface area contributed by atoms with Crippen LogP contribution >= 0.6 is 0 Å². The van der Waals surface area contributed by atoms with E-state index in [0.717, 1.165) is 24.3 Å². The Morgan fingerprint density at radius 1 is 1.29 bits per heavy atom. The summed E-state index contributed by atoms with van der Waals surface area (Å²) in [4.78, 5) is 18.5. The van der Waals surface area contributed by atoms with Gasteiger partial charge in [-0.3, -0.25) is 4.79 Å². The molecule has 0 radical (unpaired) electrons. The molecule has 1 aliphatic rings. The molecule has 104 valence electrons. The van der Waals surface area contributed by atoms with Crippen LogP contribution in [-0.4, -0.2) is 24.0 Å². The average Bonchev–Trinajstić information content (AvgIpc) is 2.77. The Morgan fingerprint density at radius 2 is 2.14 bits per heavy atom. The molecule has 2 aromatic rings. The number of carbonyl (C=O) groups is 1. The zero-order valence-corrected chi connectivity index (χ0v) is 11.4. The summed E-state index contributed by atoms with van der Waals surface area (Å²) in [5.41, 5.74) is 2.62. The van der Waals surface area contributed by atoms with Crippen LogP contribution in [0.15, 0.2) is 42.6 Å². The summed E-state index contributed by atoms with van der Waals surface area (Å²) in [5, 5.41) is 12.1. The lowest BCUT2D eigenvalue weighted by molar-refractivity contribution is 0.0982. The highest BCUT2D eigenvalue weighted by Gasteiger charge is 2.22. The molecule has 5 heteroatoms. The molecule has 2 heterocycles. The number of carbonyl (C=O) groups excluding carboxylic acids is 1. The Balaban J connectivity index is 1.95. The highest BCUT2D eigenvalue weighted by molar-refractivity contribution is 6.06. The largest absolute Gasteiger partial charge is 0.383 e. The van der Waals surface area contributed by atoms with Gasteiger partial charge in [0.15, 0.2) is 0 Å². The van der Waals surface area contributed by atoms with E-state index in [1.54, 1.807) is 17.0 Å². The standard InChI is InChI=1S/C16H14N4O/c17-10-12-6-7-14(19-11-12)16(21)20-9-3-8-18-13-4-1-2-5-15(13)20/h1-2,4-7,11,18H,3,8-9H2. The smallest absolute Gasteiger partial charge is 0.276 e. The number of nitriles is 1. The first-order chi connectivity index (χ1) is 10.3. The van der Waals surface area contributed by atoms with E-state index in [2.05, 4.69) is 10.3 Å². The van der Waals surface area contributed by atoms with Gasteiger partial charge in [-0.2, -0.15) is 5.26 Å². The molecule has 21 heavy (non-hydrogen) atoms. The Morgan fingerprint density at radius 3 is 2.90 bits per heavy atom. The zero-order chi connectivity index (χ0) is 14.7. The number of pyridine rings is 1. The molecule has 0 saturated heterocycles. The van der Waals surface area contributed by atoms with Gasteiger partial charge in [0, 0.05) is 19.3 Å². The molecule has 0 aliphatic carbocycles. The summed E-state index contributed by atoms with van der Waals surface area (Å²) in [6.45, 7) is 1.48. The van der Waals surface area contributed by atoms with Gasteiger partial charge in [0.25, 0.3) is 5.91 Å². The number of aromatic nitrogens is 1. The van der Waals surface area contributed by atoms with Crippen LogP contribution in [0.2, 0.25) is 0 Å². The third-order valence-electron chi connectivity index (χ3n) is 3.43. The van der Waals surface area contributed by atoms with Gasteiger partial charge >= 0.3 is 0 Å². The lowest BCUT2D eigenvalue weighted by atomic mass is 10.2. The van der Waals surface area contributed by atoms with Crippen LogP contribution in [0.1, 0.15) is 22.5 Å². The summed E-state index contributed by atoms with van der Waals surface area (Å²) in [5.74, 6) is -0.143. The molecule has 0 bridgehead atoms. The van der Waals surface area contributed by atoms with Crippen molar-refractivity contribution in [2.24, 2.45) is 0 Å². The second kappa shape index (κ2) is 5.63. The minimum atomic E-state index is -0.143. The fraction of sp³-hybridized carbons (Fsp3) is 0.188. The van der Waals surface area contributed by atoms with Gasteiger partial charge in [0.05, 0.1) is 16.9 Å². The van der Waals surface area contributed by atoms with Crippen molar-refractivity contribution in [3.63, 3.8) is 0 Å². The maximum Gasteiger partial charge on any atom is 0.276 e. The molecular weight excluding hydrogens is 264 g/mol. The van der Waals surface area contributed by atoms with Crippen molar-refractivity contribution in [2.75, 3.05) is 23.3 Å². The third kappa shape index (κ3) is 2.56. The summed E-state index contributed by atoms with van der Waals surface area (Å²) < 4.78 is 0. The molecule has 1 aromatic heterocycles. The van der Waals surface area contributed by atoms with E-state index >= 15 is 0 Å². The van der Waals surface area contributed by atoms with Crippen molar-refractivity contribution in [3.05, 3.63) is 53.9 Å². The van der Waals surface area contributed by atoms with E-state index in [4.69, 9.17) is 5.26 Å². The van der Waals surface area contributed by atoms with Crippen LogP contribution in [0.4, 0.5) is 11.4 Å². The molecule has 0 atom stereocenters.